The Labute approximate surface area is 120 Å². The molecule has 1 heterocycles. The molecule has 0 aliphatic heterocycles. The van der Waals surface area contributed by atoms with Gasteiger partial charge in [-0.1, -0.05) is 23.7 Å². The third-order valence-corrected chi connectivity index (χ3v) is 4.18. The van der Waals surface area contributed by atoms with Gasteiger partial charge in [0.2, 0.25) is 10.0 Å². The highest BCUT2D eigenvalue weighted by Gasteiger charge is 2.15. The van der Waals surface area contributed by atoms with Crippen LogP contribution in [-0.2, 0) is 16.6 Å². The molecule has 0 spiro atoms. The molecule has 2 aromatic rings. The molecule has 0 aliphatic rings. The van der Waals surface area contributed by atoms with Crippen LogP contribution in [0.2, 0.25) is 5.02 Å². The second-order valence-corrected chi connectivity index (χ2v) is 6.17. The number of sulfonamides is 1. The highest BCUT2D eigenvalue weighted by Crippen LogP contribution is 2.19. The average molecular weight is 316 g/mol. The molecule has 106 valence electrons. The number of hydrogen-bond donors (Lipinski definition) is 2. The first kappa shape index (κ1) is 14.7. The maximum atomic E-state index is 13.0. The molecule has 1 aromatic heterocycles. The van der Waals surface area contributed by atoms with Gasteiger partial charge < -0.3 is 5.73 Å². The summed E-state index contributed by atoms with van der Waals surface area (Å²) in [5.41, 5.74) is 5.92. The maximum absolute atomic E-state index is 13.0. The fourth-order valence-corrected chi connectivity index (χ4v) is 2.71. The van der Waals surface area contributed by atoms with Gasteiger partial charge in [-0.05, 0) is 23.8 Å². The van der Waals surface area contributed by atoms with Gasteiger partial charge in [0.25, 0.3) is 0 Å². The molecule has 0 amide bonds. The first-order valence-electron chi connectivity index (χ1n) is 5.53. The molecule has 0 radical (unpaired) electrons. The van der Waals surface area contributed by atoms with Crippen LogP contribution in [0.25, 0.3) is 0 Å². The summed E-state index contributed by atoms with van der Waals surface area (Å²) >= 11 is 5.73. The predicted octanol–water partition coefficient (Wildman–Crippen LogP) is 1.93. The van der Waals surface area contributed by atoms with Crippen molar-refractivity contribution in [3.05, 3.63) is 52.9 Å². The Morgan fingerprint density at radius 2 is 2.10 bits per heavy atom. The van der Waals surface area contributed by atoms with Crippen molar-refractivity contribution in [1.82, 2.24) is 9.71 Å². The van der Waals surface area contributed by atoms with E-state index in [1.54, 1.807) is 6.07 Å². The van der Waals surface area contributed by atoms with Crippen LogP contribution in [0, 0.1) is 5.82 Å². The van der Waals surface area contributed by atoms with E-state index in [2.05, 4.69) is 9.71 Å². The number of benzene rings is 1. The predicted molar refractivity (Wildman–Crippen MR) is 74.1 cm³/mol. The Morgan fingerprint density at radius 1 is 1.35 bits per heavy atom. The first-order valence-corrected chi connectivity index (χ1v) is 7.40. The molecule has 0 fully saturated rings. The van der Waals surface area contributed by atoms with Crippen molar-refractivity contribution in [3.8, 4) is 0 Å². The van der Waals surface area contributed by atoms with Gasteiger partial charge in [0.05, 0.1) is 5.02 Å². The third kappa shape index (κ3) is 3.44. The number of hydrogen-bond acceptors (Lipinski definition) is 4. The molecule has 1 aromatic carbocycles. The summed E-state index contributed by atoms with van der Waals surface area (Å²) in [7, 11) is -3.79. The summed E-state index contributed by atoms with van der Waals surface area (Å²) in [5.74, 6) is -0.380. The second kappa shape index (κ2) is 5.74. The maximum Gasteiger partial charge on any atom is 0.242 e. The van der Waals surface area contributed by atoms with Gasteiger partial charge in [0.15, 0.2) is 0 Å². The van der Waals surface area contributed by atoms with Crippen LogP contribution in [0.1, 0.15) is 5.56 Å². The topological polar surface area (TPSA) is 85.1 Å². The van der Waals surface area contributed by atoms with Crippen LogP contribution >= 0.6 is 11.6 Å². The number of nitrogens with one attached hydrogen (secondary N) is 1. The Bertz CT molecular complexity index is 737. The molecule has 20 heavy (non-hydrogen) atoms. The lowest BCUT2D eigenvalue weighted by Crippen LogP contribution is -2.23. The average Bonchev–Trinajstić information content (AvgIpc) is 2.40. The minimum absolute atomic E-state index is 0.0396. The lowest BCUT2D eigenvalue weighted by Gasteiger charge is -2.07. The van der Waals surface area contributed by atoms with Crippen molar-refractivity contribution in [3.63, 3.8) is 0 Å². The van der Waals surface area contributed by atoms with E-state index in [1.807, 2.05) is 0 Å². The van der Waals surface area contributed by atoms with Crippen LogP contribution in [0.3, 0.4) is 0 Å². The third-order valence-electron chi connectivity index (χ3n) is 2.51. The smallest absolute Gasteiger partial charge is 0.242 e. The van der Waals surface area contributed by atoms with E-state index >= 15 is 0 Å². The molecule has 0 aliphatic carbocycles. The first-order chi connectivity index (χ1) is 9.38. The fourth-order valence-electron chi connectivity index (χ4n) is 1.49. The molecule has 8 heteroatoms. The lowest BCUT2D eigenvalue weighted by molar-refractivity contribution is 0.580. The van der Waals surface area contributed by atoms with Crippen molar-refractivity contribution in [2.45, 2.75) is 11.4 Å². The quantitative estimate of drug-likeness (QED) is 0.903. The molecule has 0 atom stereocenters. The summed E-state index contributed by atoms with van der Waals surface area (Å²) in [6.07, 6.45) is 1.11. The van der Waals surface area contributed by atoms with Gasteiger partial charge >= 0.3 is 0 Å². The Hall–Kier alpha value is -1.70. The molecule has 2 rings (SSSR count). The lowest BCUT2D eigenvalue weighted by atomic mass is 10.2. The van der Waals surface area contributed by atoms with E-state index in [0.717, 1.165) is 6.20 Å². The zero-order chi connectivity index (χ0) is 14.8. The number of nitrogens with zero attached hydrogens (tertiary/aromatic N) is 1. The van der Waals surface area contributed by atoms with Gasteiger partial charge in [-0.2, -0.15) is 0 Å². The molecular formula is C12H11ClFN3O2S. The monoisotopic (exact) mass is 315 g/mol. The highest BCUT2D eigenvalue weighted by molar-refractivity contribution is 7.89. The van der Waals surface area contributed by atoms with Crippen LogP contribution in [-0.4, -0.2) is 13.4 Å². The van der Waals surface area contributed by atoms with E-state index in [9.17, 15) is 12.8 Å². The fraction of sp³-hybridized carbons (Fsp3) is 0.0833. The SMILES string of the molecule is Nc1ncc(S(=O)(=O)NCc2cccc(F)c2)cc1Cl. The summed E-state index contributed by atoms with van der Waals surface area (Å²) in [6, 6.07) is 6.84. The molecule has 0 bridgehead atoms. The highest BCUT2D eigenvalue weighted by atomic mass is 35.5. The van der Waals surface area contributed by atoms with Gasteiger partial charge in [-0.3, -0.25) is 0 Å². The van der Waals surface area contributed by atoms with Gasteiger partial charge in [-0.25, -0.2) is 22.5 Å². The van der Waals surface area contributed by atoms with Crippen molar-refractivity contribution >= 4 is 27.4 Å². The van der Waals surface area contributed by atoms with Crippen molar-refractivity contribution in [1.29, 1.82) is 0 Å². The largest absolute Gasteiger partial charge is 0.382 e. The number of anilines is 1. The molecule has 0 unspecified atom stereocenters. The normalized spacial score (nSPS) is 11.5. The van der Waals surface area contributed by atoms with E-state index < -0.39 is 15.8 Å². The minimum Gasteiger partial charge on any atom is -0.382 e. The molecule has 0 saturated carbocycles. The van der Waals surface area contributed by atoms with Crippen molar-refractivity contribution in [2.75, 3.05) is 5.73 Å². The molecular weight excluding hydrogens is 305 g/mol. The summed E-state index contributed by atoms with van der Waals surface area (Å²) in [5, 5.41) is 0.0543. The number of nitrogen functional groups attached to an aromatic ring is 1. The second-order valence-electron chi connectivity index (χ2n) is 3.99. The van der Waals surface area contributed by atoms with Crippen LogP contribution in [0.5, 0.6) is 0 Å². The zero-order valence-corrected chi connectivity index (χ0v) is 11.7. The van der Waals surface area contributed by atoms with Crippen molar-refractivity contribution in [2.24, 2.45) is 0 Å². The number of halogens is 2. The Balaban J connectivity index is 2.17. The number of nitrogens with two attached hydrogens (primary N) is 1. The van der Waals surface area contributed by atoms with Crippen molar-refractivity contribution < 1.29 is 12.8 Å². The van der Waals surface area contributed by atoms with Gasteiger partial charge in [-0.15, -0.1) is 0 Å². The number of aromatic nitrogens is 1. The molecule has 3 N–H and O–H groups in total. The van der Waals surface area contributed by atoms with E-state index in [-0.39, 0.29) is 22.3 Å². The minimum atomic E-state index is -3.79. The molecule has 0 saturated heterocycles. The summed E-state index contributed by atoms with van der Waals surface area (Å²) in [6.45, 7) is -0.0396. The Kier molecular flexibility index (Phi) is 4.22. The summed E-state index contributed by atoms with van der Waals surface area (Å²) < 4.78 is 39.3. The standard InChI is InChI=1S/C12H11ClFN3O2S/c13-11-5-10(7-16-12(11)15)20(18,19)17-6-8-2-1-3-9(14)4-8/h1-5,7,17H,6H2,(H2,15,16). The van der Waals surface area contributed by atoms with Crippen LogP contribution < -0.4 is 10.5 Å². The molecule has 5 nitrogen and oxygen atoms in total. The van der Waals surface area contributed by atoms with E-state index in [4.69, 9.17) is 17.3 Å². The van der Waals surface area contributed by atoms with E-state index in [0.29, 0.717) is 5.56 Å². The number of pyridine rings is 1. The van der Waals surface area contributed by atoms with Gasteiger partial charge in [0.1, 0.15) is 16.5 Å². The van der Waals surface area contributed by atoms with Crippen LogP contribution in [0.4, 0.5) is 10.2 Å². The zero-order valence-electron chi connectivity index (χ0n) is 10.2. The number of rotatable bonds is 4. The van der Waals surface area contributed by atoms with Crippen LogP contribution in [0.15, 0.2) is 41.4 Å². The Morgan fingerprint density at radius 3 is 2.75 bits per heavy atom. The van der Waals surface area contributed by atoms with Gasteiger partial charge in [0, 0.05) is 12.7 Å². The summed E-state index contributed by atoms with van der Waals surface area (Å²) in [4.78, 5) is 3.58. The van der Waals surface area contributed by atoms with E-state index in [1.165, 1.54) is 24.3 Å².